The molecule has 0 aliphatic carbocycles. The SMILES string of the molecule is CN(C)c1nc(NCc2ccccc2)nc(N/N=C\c2cc3c(cc2[N+](=O)[O-])OCO3)n1. The number of anilines is 3. The molecular weight excluding hydrogens is 416 g/mol. The van der Waals surface area contributed by atoms with E-state index in [4.69, 9.17) is 9.47 Å². The first-order valence-corrected chi connectivity index (χ1v) is 9.58. The van der Waals surface area contributed by atoms with Crippen molar-refractivity contribution in [3.8, 4) is 11.5 Å². The average molecular weight is 436 g/mol. The first-order valence-electron chi connectivity index (χ1n) is 9.58. The highest BCUT2D eigenvalue weighted by Gasteiger charge is 2.22. The Morgan fingerprint density at radius 3 is 2.56 bits per heavy atom. The normalized spacial score (nSPS) is 12.1. The number of hydrogen-bond acceptors (Lipinski definition) is 11. The van der Waals surface area contributed by atoms with E-state index in [1.807, 2.05) is 30.3 Å². The average Bonchev–Trinajstić information content (AvgIpc) is 3.25. The van der Waals surface area contributed by atoms with E-state index in [1.54, 1.807) is 19.0 Å². The number of nitrogens with zero attached hydrogens (tertiary/aromatic N) is 6. The molecule has 2 N–H and O–H groups in total. The molecule has 1 aliphatic rings. The molecule has 1 aromatic heterocycles. The molecule has 12 nitrogen and oxygen atoms in total. The van der Waals surface area contributed by atoms with Crippen LogP contribution in [0.3, 0.4) is 0 Å². The molecule has 3 aromatic rings. The number of nitrogens with one attached hydrogen (secondary N) is 2. The van der Waals surface area contributed by atoms with Gasteiger partial charge < -0.3 is 19.7 Å². The van der Waals surface area contributed by atoms with Crippen molar-refractivity contribution in [2.45, 2.75) is 6.54 Å². The Balaban J connectivity index is 1.53. The van der Waals surface area contributed by atoms with E-state index in [2.05, 4.69) is 30.8 Å². The molecule has 2 heterocycles. The largest absolute Gasteiger partial charge is 0.454 e. The van der Waals surface area contributed by atoms with Crippen LogP contribution in [0.25, 0.3) is 0 Å². The number of nitro benzene ring substituents is 1. The van der Waals surface area contributed by atoms with E-state index in [0.717, 1.165) is 5.56 Å². The van der Waals surface area contributed by atoms with Crippen LogP contribution < -0.4 is 25.1 Å². The Labute approximate surface area is 183 Å². The van der Waals surface area contributed by atoms with E-state index in [1.165, 1.54) is 18.3 Å². The van der Waals surface area contributed by atoms with Gasteiger partial charge in [0.2, 0.25) is 24.6 Å². The molecular formula is C20H20N8O4. The van der Waals surface area contributed by atoms with Crippen molar-refractivity contribution in [2.24, 2.45) is 5.10 Å². The van der Waals surface area contributed by atoms with Crippen molar-refractivity contribution < 1.29 is 14.4 Å². The van der Waals surface area contributed by atoms with Crippen molar-refractivity contribution >= 4 is 29.7 Å². The number of aromatic nitrogens is 3. The third-order valence-electron chi connectivity index (χ3n) is 4.40. The fourth-order valence-electron chi connectivity index (χ4n) is 2.84. The van der Waals surface area contributed by atoms with Gasteiger partial charge in [-0.05, 0) is 11.6 Å². The fraction of sp³-hybridized carbons (Fsp3) is 0.200. The molecule has 0 bridgehead atoms. The second-order valence-corrected chi connectivity index (χ2v) is 6.91. The van der Waals surface area contributed by atoms with Gasteiger partial charge in [-0.15, -0.1) is 0 Å². The maximum absolute atomic E-state index is 11.4. The van der Waals surface area contributed by atoms with Crippen LogP contribution in [0, 0.1) is 10.1 Å². The van der Waals surface area contributed by atoms with Crippen LogP contribution in [-0.4, -0.2) is 47.0 Å². The van der Waals surface area contributed by atoms with Crippen molar-refractivity contribution in [3.05, 3.63) is 63.7 Å². The van der Waals surface area contributed by atoms with Gasteiger partial charge in [-0.3, -0.25) is 10.1 Å². The fourth-order valence-corrected chi connectivity index (χ4v) is 2.84. The molecule has 2 aromatic carbocycles. The lowest BCUT2D eigenvalue weighted by Gasteiger charge is -2.13. The van der Waals surface area contributed by atoms with E-state index in [-0.39, 0.29) is 24.0 Å². The van der Waals surface area contributed by atoms with Crippen molar-refractivity contribution in [1.29, 1.82) is 0 Å². The van der Waals surface area contributed by atoms with Crippen LogP contribution in [0.5, 0.6) is 11.5 Å². The van der Waals surface area contributed by atoms with E-state index >= 15 is 0 Å². The molecule has 0 fully saturated rings. The Morgan fingerprint density at radius 1 is 1.12 bits per heavy atom. The van der Waals surface area contributed by atoms with Crippen molar-refractivity contribution in [3.63, 3.8) is 0 Å². The molecule has 0 saturated carbocycles. The first-order chi connectivity index (χ1) is 15.5. The van der Waals surface area contributed by atoms with Gasteiger partial charge in [0.1, 0.15) is 0 Å². The van der Waals surface area contributed by atoms with Gasteiger partial charge in [-0.25, -0.2) is 5.43 Å². The topological polar surface area (TPSA) is 140 Å². The summed E-state index contributed by atoms with van der Waals surface area (Å²) in [7, 11) is 3.61. The molecule has 164 valence electrons. The molecule has 4 rings (SSSR count). The summed E-state index contributed by atoms with van der Waals surface area (Å²) in [6, 6.07) is 12.6. The van der Waals surface area contributed by atoms with Crippen LogP contribution in [0.15, 0.2) is 47.6 Å². The zero-order valence-electron chi connectivity index (χ0n) is 17.3. The zero-order chi connectivity index (χ0) is 22.5. The predicted octanol–water partition coefficient (Wildman–Crippen LogP) is 2.63. The van der Waals surface area contributed by atoms with Crippen LogP contribution >= 0.6 is 0 Å². The summed E-state index contributed by atoms with van der Waals surface area (Å²) < 4.78 is 10.5. The molecule has 0 unspecified atom stereocenters. The monoisotopic (exact) mass is 436 g/mol. The number of hydrazone groups is 1. The Morgan fingerprint density at radius 2 is 1.84 bits per heavy atom. The molecule has 1 aliphatic heterocycles. The van der Waals surface area contributed by atoms with Gasteiger partial charge in [-0.1, -0.05) is 30.3 Å². The second kappa shape index (κ2) is 9.12. The molecule has 0 radical (unpaired) electrons. The number of nitro groups is 1. The summed E-state index contributed by atoms with van der Waals surface area (Å²) in [6.07, 6.45) is 1.30. The summed E-state index contributed by atoms with van der Waals surface area (Å²) in [4.78, 5) is 25.6. The van der Waals surface area contributed by atoms with Gasteiger partial charge >= 0.3 is 0 Å². The van der Waals surface area contributed by atoms with Gasteiger partial charge in [0.25, 0.3) is 5.69 Å². The summed E-state index contributed by atoms with van der Waals surface area (Å²) in [5.41, 5.74) is 3.87. The maximum atomic E-state index is 11.4. The quantitative estimate of drug-likeness (QED) is 0.308. The summed E-state index contributed by atoms with van der Waals surface area (Å²) >= 11 is 0. The van der Waals surface area contributed by atoms with E-state index in [0.29, 0.717) is 29.9 Å². The van der Waals surface area contributed by atoms with Gasteiger partial charge in [0, 0.05) is 20.6 Å². The molecule has 12 heteroatoms. The Hall–Kier alpha value is -4.48. The van der Waals surface area contributed by atoms with Gasteiger partial charge in [0.05, 0.1) is 22.8 Å². The van der Waals surface area contributed by atoms with Gasteiger partial charge in [-0.2, -0.15) is 20.1 Å². The molecule has 32 heavy (non-hydrogen) atoms. The minimum absolute atomic E-state index is 0.0161. The lowest BCUT2D eigenvalue weighted by atomic mass is 10.1. The zero-order valence-corrected chi connectivity index (χ0v) is 17.3. The molecule has 0 spiro atoms. The predicted molar refractivity (Wildman–Crippen MR) is 118 cm³/mol. The van der Waals surface area contributed by atoms with E-state index in [9.17, 15) is 10.1 Å². The maximum Gasteiger partial charge on any atom is 0.282 e. The highest BCUT2D eigenvalue weighted by atomic mass is 16.7. The van der Waals surface area contributed by atoms with Gasteiger partial charge in [0.15, 0.2) is 11.5 Å². The van der Waals surface area contributed by atoms with Crippen LogP contribution in [0.2, 0.25) is 0 Å². The Bertz CT molecular complexity index is 1150. The van der Waals surface area contributed by atoms with Crippen LogP contribution in [0.1, 0.15) is 11.1 Å². The van der Waals surface area contributed by atoms with E-state index < -0.39 is 4.92 Å². The smallest absolute Gasteiger partial charge is 0.282 e. The summed E-state index contributed by atoms with van der Waals surface area (Å²) in [6.45, 7) is 0.548. The number of benzene rings is 2. The Kier molecular flexibility index (Phi) is 5.92. The standard InChI is InChI=1S/C20H20N8O4/c1-27(2)20-24-18(21-10-13-6-4-3-5-7-13)23-19(25-20)26-22-11-14-8-16-17(32-12-31-16)9-15(14)28(29)30/h3-9,11H,10,12H2,1-2H3,(H2,21,23,24,25,26)/b22-11-. The minimum Gasteiger partial charge on any atom is -0.454 e. The lowest BCUT2D eigenvalue weighted by molar-refractivity contribution is -0.385. The summed E-state index contributed by atoms with van der Waals surface area (Å²) in [5, 5.41) is 18.6. The first kappa shape index (κ1) is 20.8. The highest BCUT2D eigenvalue weighted by molar-refractivity contribution is 5.87. The number of hydrogen-bond donors (Lipinski definition) is 2. The molecule has 0 saturated heterocycles. The molecule has 0 atom stereocenters. The van der Waals surface area contributed by atoms with Crippen molar-refractivity contribution in [1.82, 2.24) is 15.0 Å². The third-order valence-corrected chi connectivity index (χ3v) is 4.40. The third kappa shape index (κ3) is 4.80. The number of rotatable bonds is 8. The number of fused-ring (bicyclic) bond motifs is 1. The summed E-state index contributed by atoms with van der Waals surface area (Å²) in [5.74, 6) is 1.70. The highest BCUT2D eigenvalue weighted by Crippen LogP contribution is 2.37. The second-order valence-electron chi connectivity index (χ2n) is 6.91. The van der Waals surface area contributed by atoms with Crippen LogP contribution in [0.4, 0.5) is 23.5 Å². The van der Waals surface area contributed by atoms with Crippen molar-refractivity contribution in [2.75, 3.05) is 36.5 Å². The molecule has 0 amide bonds. The van der Waals surface area contributed by atoms with Crippen LogP contribution in [-0.2, 0) is 6.54 Å². The lowest BCUT2D eigenvalue weighted by Crippen LogP contribution is -2.16. The minimum atomic E-state index is -0.512. The number of ether oxygens (including phenoxy) is 2.